The summed E-state index contributed by atoms with van der Waals surface area (Å²) in [6.45, 7) is 0.674. The predicted molar refractivity (Wildman–Crippen MR) is 113 cm³/mol. The van der Waals surface area contributed by atoms with Crippen molar-refractivity contribution in [1.82, 2.24) is 14.8 Å². The van der Waals surface area contributed by atoms with Crippen LogP contribution in [0.2, 0.25) is 0 Å². The zero-order valence-corrected chi connectivity index (χ0v) is 16.1. The first-order valence-corrected chi connectivity index (χ1v) is 9.89. The molecule has 0 amide bonds. The van der Waals surface area contributed by atoms with Crippen LogP contribution in [0.15, 0.2) is 51.7 Å². The van der Waals surface area contributed by atoms with E-state index in [9.17, 15) is 15.2 Å². The normalized spacial score (nSPS) is 14.8. The third-order valence-electron chi connectivity index (χ3n) is 5.58. The van der Waals surface area contributed by atoms with E-state index in [2.05, 4.69) is 10.2 Å². The Bertz CT molecular complexity index is 1420. The Balaban J connectivity index is 1.74. The number of nitrogens with zero attached hydrogens (tertiary/aromatic N) is 4. The maximum atomic E-state index is 12.6. The van der Waals surface area contributed by atoms with Gasteiger partial charge in [0.2, 0.25) is 0 Å². The van der Waals surface area contributed by atoms with Gasteiger partial charge in [-0.05, 0) is 35.7 Å². The van der Waals surface area contributed by atoms with Crippen LogP contribution >= 0.6 is 0 Å². The SMILES string of the molecule is N#C/C(=C(/O)c1cc2c(ccc3ccccc32)oc1=O)c1nnc2n1CCCCC2. The molecule has 7 nitrogen and oxygen atoms in total. The fraction of sp³-hybridized carbons (Fsp3) is 0.217. The van der Waals surface area contributed by atoms with E-state index in [1.54, 1.807) is 12.1 Å². The van der Waals surface area contributed by atoms with E-state index < -0.39 is 11.4 Å². The van der Waals surface area contributed by atoms with Crippen molar-refractivity contribution in [3.8, 4) is 6.07 Å². The Kier molecular flexibility index (Phi) is 4.32. The summed E-state index contributed by atoms with van der Waals surface area (Å²) in [5.74, 6) is 0.629. The predicted octanol–water partition coefficient (Wildman–Crippen LogP) is 4.21. The van der Waals surface area contributed by atoms with Crippen molar-refractivity contribution in [3.05, 3.63) is 70.1 Å². The van der Waals surface area contributed by atoms with Crippen LogP contribution in [-0.2, 0) is 13.0 Å². The molecule has 2 aromatic heterocycles. The highest BCUT2D eigenvalue weighted by Gasteiger charge is 2.23. The largest absolute Gasteiger partial charge is 0.506 e. The first-order valence-electron chi connectivity index (χ1n) is 9.89. The molecule has 1 aliphatic heterocycles. The monoisotopic (exact) mass is 398 g/mol. The van der Waals surface area contributed by atoms with Crippen molar-refractivity contribution in [1.29, 1.82) is 5.26 Å². The zero-order chi connectivity index (χ0) is 20.7. The topological polar surface area (TPSA) is 105 Å². The third kappa shape index (κ3) is 2.85. The molecule has 2 aromatic carbocycles. The summed E-state index contributed by atoms with van der Waals surface area (Å²) in [5, 5.41) is 31.6. The molecule has 0 fully saturated rings. The number of hydrogen-bond acceptors (Lipinski definition) is 6. The summed E-state index contributed by atoms with van der Waals surface area (Å²) in [6, 6.07) is 14.9. The van der Waals surface area contributed by atoms with E-state index >= 15 is 0 Å². The van der Waals surface area contributed by atoms with Crippen LogP contribution in [0, 0.1) is 11.3 Å². The molecule has 0 atom stereocenters. The Labute approximate surface area is 171 Å². The van der Waals surface area contributed by atoms with Crippen LogP contribution in [0.4, 0.5) is 0 Å². The van der Waals surface area contributed by atoms with Crippen LogP contribution < -0.4 is 5.63 Å². The second kappa shape index (κ2) is 7.16. The average molecular weight is 398 g/mol. The van der Waals surface area contributed by atoms with E-state index in [-0.39, 0.29) is 17.0 Å². The van der Waals surface area contributed by atoms with Crippen molar-refractivity contribution in [2.75, 3.05) is 0 Å². The van der Waals surface area contributed by atoms with Gasteiger partial charge in [-0.3, -0.25) is 0 Å². The van der Waals surface area contributed by atoms with Crippen molar-refractivity contribution in [2.45, 2.75) is 32.2 Å². The zero-order valence-electron chi connectivity index (χ0n) is 16.1. The maximum Gasteiger partial charge on any atom is 0.347 e. The van der Waals surface area contributed by atoms with Gasteiger partial charge >= 0.3 is 5.63 Å². The number of nitriles is 1. The molecule has 148 valence electrons. The standard InChI is InChI=1S/C23H18N4O3/c24-13-18(22-26-25-20-8-2-1-5-11-27(20)22)21(28)17-12-16-15-7-4-3-6-14(15)9-10-19(16)30-23(17)29/h3-4,6-7,9-10,12,28H,1-2,5,8,11H2/b21-18-. The second-order valence-electron chi connectivity index (χ2n) is 7.38. The van der Waals surface area contributed by atoms with Gasteiger partial charge in [0.1, 0.15) is 28.6 Å². The fourth-order valence-electron chi connectivity index (χ4n) is 4.05. The summed E-state index contributed by atoms with van der Waals surface area (Å²) in [6.07, 6.45) is 3.80. The number of benzene rings is 2. The van der Waals surface area contributed by atoms with Gasteiger partial charge in [-0.25, -0.2) is 4.79 Å². The van der Waals surface area contributed by atoms with E-state index in [1.165, 1.54) is 0 Å². The minimum absolute atomic E-state index is 0.0682. The minimum Gasteiger partial charge on any atom is -0.506 e. The number of aryl methyl sites for hydroxylation is 1. The first-order chi connectivity index (χ1) is 14.7. The number of fused-ring (bicyclic) bond motifs is 4. The van der Waals surface area contributed by atoms with Crippen molar-refractivity contribution < 1.29 is 9.52 Å². The highest BCUT2D eigenvalue weighted by atomic mass is 16.4. The highest BCUT2D eigenvalue weighted by Crippen LogP contribution is 2.29. The molecule has 1 aliphatic rings. The van der Waals surface area contributed by atoms with Gasteiger partial charge in [-0.2, -0.15) is 5.26 Å². The summed E-state index contributed by atoms with van der Waals surface area (Å²) in [7, 11) is 0. The molecule has 0 radical (unpaired) electrons. The molecule has 0 unspecified atom stereocenters. The van der Waals surface area contributed by atoms with E-state index in [1.807, 2.05) is 41.0 Å². The van der Waals surface area contributed by atoms with Gasteiger partial charge in [-0.15, -0.1) is 10.2 Å². The molecular weight excluding hydrogens is 380 g/mol. The van der Waals surface area contributed by atoms with Gasteiger partial charge in [0.25, 0.3) is 0 Å². The molecule has 4 aromatic rings. The Morgan fingerprint density at radius 3 is 2.83 bits per heavy atom. The van der Waals surface area contributed by atoms with Gasteiger partial charge in [0, 0.05) is 18.4 Å². The number of rotatable bonds is 2. The number of allylic oxidation sites excluding steroid dienone is 1. The van der Waals surface area contributed by atoms with Crippen LogP contribution in [-0.4, -0.2) is 19.9 Å². The van der Waals surface area contributed by atoms with Gasteiger partial charge in [0.05, 0.1) is 0 Å². The summed E-state index contributed by atoms with van der Waals surface area (Å²) in [5.41, 5.74) is -0.437. The fourth-order valence-corrected chi connectivity index (χ4v) is 4.05. The molecule has 0 spiro atoms. The smallest absolute Gasteiger partial charge is 0.347 e. The lowest BCUT2D eigenvalue weighted by atomic mass is 10.0. The Morgan fingerprint density at radius 2 is 1.97 bits per heavy atom. The number of hydrogen-bond donors (Lipinski definition) is 1. The molecule has 5 rings (SSSR count). The van der Waals surface area contributed by atoms with E-state index in [0.29, 0.717) is 17.5 Å². The number of aliphatic hydroxyl groups excluding tert-OH is 1. The first kappa shape index (κ1) is 18.1. The lowest BCUT2D eigenvalue weighted by Gasteiger charge is -2.09. The van der Waals surface area contributed by atoms with Crippen molar-refractivity contribution in [3.63, 3.8) is 0 Å². The average Bonchev–Trinajstić information content (AvgIpc) is 3.01. The molecular formula is C23H18N4O3. The maximum absolute atomic E-state index is 12.6. The Morgan fingerprint density at radius 1 is 1.10 bits per heavy atom. The van der Waals surface area contributed by atoms with Crippen LogP contribution in [0.5, 0.6) is 0 Å². The van der Waals surface area contributed by atoms with E-state index in [4.69, 9.17) is 4.42 Å². The Hall–Kier alpha value is -3.92. The highest BCUT2D eigenvalue weighted by molar-refractivity contribution is 6.06. The molecule has 30 heavy (non-hydrogen) atoms. The van der Waals surface area contributed by atoms with Crippen molar-refractivity contribution in [2.24, 2.45) is 0 Å². The van der Waals surface area contributed by atoms with Gasteiger partial charge in [-0.1, -0.05) is 36.8 Å². The van der Waals surface area contributed by atoms with Gasteiger partial charge < -0.3 is 14.1 Å². The number of aliphatic hydroxyl groups is 1. The quantitative estimate of drug-likeness (QED) is 0.235. The van der Waals surface area contributed by atoms with Crippen LogP contribution in [0.1, 0.15) is 36.5 Å². The van der Waals surface area contributed by atoms with E-state index in [0.717, 1.165) is 42.3 Å². The third-order valence-corrected chi connectivity index (χ3v) is 5.58. The van der Waals surface area contributed by atoms with Gasteiger partial charge in [0.15, 0.2) is 11.6 Å². The molecule has 1 N–H and O–H groups in total. The second-order valence-corrected chi connectivity index (χ2v) is 7.38. The molecule has 0 saturated heterocycles. The lowest BCUT2D eigenvalue weighted by molar-refractivity contribution is 0.499. The van der Waals surface area contributed by atoms with Crippen LogP contribution in [0.3, 0.4) is 0 Å². The lowest BCUT2D eigenvalue weighted by Crippen LogP contribution is -2.10. The van der Waals surface area contributed by atoms with Crippen molar-refractivity contribution >= 4 is 33.1 Å². The summed E-state index contributed by atoms with van der Waals surface area (Å²) in [4.78, 5) is 12.6. The van der Waals surface area contributed by atoms with Crippen LogP contribution in [0.25, 0.3) is 33.1 Å². The molecule has 0 saturated carbocycles. The number of aromatic nitrogens is 3. The molecule has 7 heteroatoms. The molecule has 0 bridgehead atoms. The summed E-state index contributed by atoms with van der Waals surface area (Å²) < 4.78 is 7.33. The molecule has 0 aliphatic carbocycles. The molecule has 3 heterocycles. The minimum atomic E-state index is -0.710. The summed E-state index contributed by atoms with van der Waals surface area (Å²) >= 11 is 0.